The van der Waals surface area contributed by atoms with Crippen LogP contribution in [-0.4, -0.2) is 75.8 Å². The minimum atomic E-state index is 0.166. The number of aliphatic hydroxyl groups is 1. The van der Waals surface area contributed by atoms with Crippen LogP contribution in [0.3, 0.4) is 0 Å². The summed E-state index contributed by atoms with van der Waals surface area (Å²) in [6, 6.07) is 10.7. The zero-order valence-electron chi connectivity index (χ0n) is 27.9. The van der Waals surface area contributed by atoms with E-state index in [1.807, 2.05) is 19.1 Å². The maximum absolute atomic E-state index is 9.38. The lowest BCUT2D eigenvalue weighted by Crippen LogP contribution is -2.13. The molecule has 2 aromatic rings. The maximum Gasteiger partial charge on any atom is 0.120 e. The molecule has 0 radical (unpaired) electrons. The number of ether oxygens (including phenoxy) is 7. The van der Waals surface area contributed by atoms with Gasteiger partial charge >= 0.3 is 0 Å². The number of rotatable bonds is 19. The lowest BCUT2D eigenvalue weighted by Gasteiger charge is -2.20. The first-order valence-electron chi connectivity index (χ1n) is 16.9. The number of hydrogen-bond acceptors (Lipinski definition) is 8. The van der Waals surface area contributed by atoms with E-state index >= 15 is 0 Å². The Morgan fingerprint density at radius 3 is 2.38 bits per heavy atom. The average molecular weight is 645 g/mol. The molecule has 2 aromatic carbocycles. The lowest BCUT2D eigenvalue weighted by atomic mass is 9.88. The van der Waals surface area contributed by atoms with Gasteiger partial charge in [0.2, 0.25) is 0 Å². The molecule has 8 nitrogen and oxygen atoms in total. The molecule has 4 unspecified atom stereocenters. The van der Waals surface area contributed by atoms with Crippen LogP contribution in [0.25, 0.3) is 12.2 Å². The fourth-order valence-electron chi connectivity index (χ4n) is 5.64. The third kappa shape index (κ3) is 10.5. The van der Waals surface area contributed by atoms with E-state index in [0.717, 1.165) is 84.7 Å². The highest BCUT2D eigenvalue weighted by Gasteiger charge is 2.25. The van der Waals surface area contributed by atoms with E-state index in [1.54, 1.807) is 0 Å². The van der Waals surface area contributed by atoms with Crippen molar-refractivity contribution in [1.29, 1.82) is 0 Å². The SMILES string of the molecule is C/C(=C\O)COCc1ccc(CCCC(C)OCC2CO2)c(C)c1CC1=C/c2cc(OCC3CO3)ccc2\C=C/C(OCC2CO2)=C/1. The van der Waals surface area contributed by atoms with Crippen LogP contribution in [0.1, 0.15) is 60.1 Å². The Balaban J connectivity index is 1.25. The molecule has 4 aliphatic rings. The largest absolute Gasteiger partial charge is 0.516 e. The van der Waals surface area contributed by atoms with E-state index in [9.17, 15) is 5.11 Å². The average Bonchev–Trinajstić information content (AvgIpc) is 3.91. The van der Waals surface area contributed by atoms with Crippen LogP contribution in [0.5, 0.6) is 5.75 Å². The van der Waals surface area contributed by atoms with Crippen LogP contribution in [0, 0.1) is 6.92 Å². The number of aliphatic hydroxyl groups excluding tert-OH is 1. The van der Waals surface area contributed by atoms with Gasteiger partial charge in [0.25, 0.3) is 0 Å². The molecule has 0 spiro atoms. The predicted octanol–water partition coefficient (Wildman–Crippen LogP) is 6.83. The Labute approximate surface area is 278 Å². The summed E-state index contributed by atoms with van der Waals surface area (Å²) in [6.07, 6.45) is 14.2. The Kier molecular flexibility index (Phi) is 11.5. The fourth-order valence-corrected chi connectivity index (χ4v) is 5.64. The first-order chi connectivity index (χ1) is 22.9. The van der Waals surface area contributed by atoms with E-state index in [-0.39, 0.29) is 24.4 Å². The Hall–Kier alpha value is -3.40. The van der Waals surface area contributed by atoms with Crippen molar-refractivity contribution in [3.63, 3.8) is 0 Å². The molecule has 0 bridgehead atoms. The van der Waals surface area contributed by atoms with Gasteiger partial charge in [0.15, 0.2) is 0 Å². The second-order valence-corrected chi connectivity index (χ2v) is 13.0. The van der Waals surface area contributed by atoms with Crippen LogP contribution in [0.15, 0.2) is 65.7 Å². The Bertz CT molecular complexity index is 1490. The van der Waals surface area contributed by atoms with E-state index in [0.29, 0.717) is 39.5 Å². The van der Waals surface area contributed by atoms with Crippen LogP contribution in [0.4, 0.5) is 0 Å². The van der Waals surface area contributed by atoms with Gasteiger partial charge in [-0.1, -0.05) is 30.4 Å². The molecular formula is C39H48O8. The van der Waals surface area contributed by atoms with Gasteiger partial charge in [0.05, 0.1) is 52.0 Å². The molecule has 3 heterocycles. The second kappa shape index (κ2) is 16.1. The lowest BCUT2D eigenvalue weighted by molar-refractivity contribution is 0.0481. The topological polar surface area (TPSA) is 94.7 Å². The molecule has 1 aliphatic carbocycles. The van der Waals surface area contributed by atoms with Gasteiger partial charge in [0, 0.05) is 0 Å². The van der Waals surface area contributed by atoms with Crippen LogP contribution >= 0.6 is 0 Å². The zero-order chi connectivity index (χ0) is 32.6. The first-order valence-corrected chi connectivity index (χ1v) is 16.9. The summed E-state index contributed by atoms with van der Waals surface area (Å²) in [7, 11) is 0. The Morgan fingerprint density at radius 1 is 0.915 bits per heavy atom. The highest BCUT2D eigenvalue weighted by molar-refractivity contribution is 5.72. The van der Waals surface area contributed by atoms with Crippen molar-refractivity contribution in [3.8, 4) is 5.75 Å². The van der Waals surface area contributed by atoms with Crippen molar-refractivity contribution in [2.45, 2.75) is 77.5 Å². The molecule has 252 valence electrons. The van der Waals surface area contributed by atoms with Gasteiger partial charge in [0.1, 0.15) is 43.0 Å². The highest BCUT2D eigenvalue weighted by Crippen LogP contribution is 2.30. The quantitative estimate of drug-likeness (QED) is 0.131. The van der Waals surface area contributed by atoms with Crippen molar-refractivity contribution in [1.82, 2.24) is 0 Å². The molecule has 0 amide bonds. The summed E-state index contributed by atoms with van der Waals surface area (Å²) in [5, 5.41) is 9.38. The third-order valence-corrected chi connectivity index (χ3v) is 8.85. The van der Waals surface area contributed by atoms with Gasteiger partial charge in [-0.3, -0.25) is 0 Å². The number of benzene rings is 2. The smallest absolute Gasteiger partial charge is 0.120 e. The normalized spacial score (nSPS) is 24.9. The standard InChI is InChI=1S/C39H48O8/c1-26(17-40)18-41-19-32-8-7-30(6-4-5-27(2)42-20-36-23-45-36)28(3)39(32)15-29-13-33-16-35(44-22-38-25-47-38)12-10-31(33)9-11-34(14-29)43-21-37-24-46-37/h7-14,16-17,27,36-38,40H,4-6,15,18-25H2,1-3H3/b11-9-,26-17+,29-13-,29-14?,31-9?,33-13?,34-11?,34-14-. The molecule has 0 aromatic heterocycles. The van der Waals surface area contributed by atoms with Crippen molar-refractivity contribution in [2.24, 2.45) is 0 Å². The molecule has 3 fully saturated rings. The first kappa shape index (κ1) is 33.5. The number of fused-ring (bicyclic) bond motifs is 1. The van der Waals surface area contributed by atoms with E-state index < -0.39 is 0 Å². The van der Waals surface area contributed by atoms with Crippen molar-refractivity contribution in [3.05, 3.63) is 99.0 Å². The Morgan fingerprint density at radius 2 is 1.64 bits per heavy atom. The molecule has 3 aliphatic heterocycles. The van der Waals surface area contributed by atoms with Crippen LogP contribution in [-0.2, 0) is 47.9 Å². The van der Waals surface area contributed by atoms with Gasteiger partial charge in [-0.05, 0) is 115 Å². The minimum absolute atomic E-state index is 0.166. The molecule has 4 atom stereocenters. The summed E-state index contributed by atoms with van der Waals surface area (Å²) in [4.78, 5) is 0. The van der Waals surface area contributed by atoms with Gasteiger partial charge < -0.3 is 38.3 Å². The van der Waals surface area contributed by atoms with Crippen molar-refractivity contribution < 1.29 is 38.3 Å². The molecule has 8 heteroatoms. The molecule has 3 saturated heterocycles. The summed E-state index contributed by atoms with van der Waals surface area (Å²) in [5.74, 6) is 1.64. The summed E-state index contributed by atoms with van der Waals surface area (Å²) < 4.78 is 40.3. The van der Waals surface area contributed by atoms with Crippen molar-refractivity contribution >= 4 is 12.2 Å². The number of hydrogen-bond donors (Lipinski definition) is 1. The maximum atomic E-state index is 9.38. The zero-order valence-corrected chi connectivity index (χ0v) is 27.9. The van der Waals surface area contributed by atoms with Crippen LogP contribution in [0.2, 0.25) is 0 Å². The van der Waals surface area contributed by atoms with Gasteiger partial charge in [-0.15, -0.1) is 0 Å². The molecule has 1 N–H and O–H groups in total. The molecular weight excluding hydrogens is 596 g/mol. The molecule has 6 rings (SSSR count). The van der Waals surface area contributed by atoms with Crippen LogP contribution < -0.4 is 4.74 Å². The minimum Gasteiger partial charge on any atom is -0.516 e. The van der Waals surface area contributed by atoms with Gasteiger partial charge in [-0.2, -0.15) is 0 Å². The number of aryl methyl sites for hydroxylation is 1. The second-order valence-electron chi connectivity index (χ2n) is 13.0. The van der Waals surface area contributed by atoms with E-state index in [4.69, 9.17) is 33.2 Å². The fraction of sp³-hybridized carbons (Fsp3) is 0.487. The highest BCUT2D eigenvalue weighted by atomic mass is 16.6. The monoisotopic (exact) mass is 644 g/mol. The molecule has 0 saturated carbocycles. The number of epoxide rings is 3. The summed E-state index contributed by atoms with van der Waals surface area (Å²) in [5.41, 5.74) is 9.10. The van der Waals surface area contributed by atoms with E-state index in [1.165, 1.54) is 16.7 Å². The summed E-state index contributed by atoms with van der Waals surface area (Å²) >= 11 is 0. The summed E-state index contributed by atoms with van der Waals surface area (Å²) in [6.45, 7) is 11.2. The van der Waals surface area contributed by atoms with E-state index in [2.05, 4.69) is 56.3 Å². The molecule has 47 heavy (non-hydrogen) atoms. The third-order valence-electron chi connectivity index (χ3n) is 8.85. The predicted molar refractivity (Wildman–Crippen MR) is 181 cm³/mol. The number of allylic oxidation sites excluding steroid dienone is 3. The van der Waals surface area contributed by atoms with Gasteiger partial charge in [-0.25, -0.2) is 0 Å². The van der Waals surface area contributed by atoms with Crippen molar-refractivity contribution in [2.75, 3.05) is 46.2 Å².